The molecule has 0 amide bonds. The van der Waals surface area contributed by atoms with Crippen molar-refractivity contribution in [1.82, 2.24) is 15.0 Å². The molecule has 0 atom stereocenters. The zero-order valence-electron chi connectivity index (χ0n) is 11.6. The summed E-state index contributed by atoms with van der Waals surface area (Å²) in [4.78, 5) is 25.0. The lowest BCUT2D eigenvalue weighted by Crippen LogP contribution is -2.21. The molecule has 2 aromatic rings. The van der Waals surface area contributed by atoms with Crippen LogP contribution >= 0.6 is 11.6 Å². The van der Waals surface area contributed by atoms with Crippen LogP contribution in [0.5, 0.6) is 0 Å². The van der Waals surface area contributed by atoms with Gasteiger partial charge in [-0.3, -0.25) is 10.1 Å². The van der Waals surface area contributed by atoms with E-state index in [2.05, 4.69) is 20.3 Å². The standard InChI is InChI=1S/C13H13ClN6O2/c14-9-3-4-10(15-7-9)18-12-11(20(21)22)13(17-8-16-12)19-5-1-2-6-19/h3-4,7-8H,1-2,5-6H2,(H,15,16,17,18). The van der Waals surface area contributed by atoms with Crippen molar-refractivity contribution in [2.75, 3.05) is 23.3 Å². The summed E-state index contributed by atoms with van der Waals surface area (Å²) in [7, 11) is 0. The van der Waals surface area contributed by atoms with Gasteiger partial charge in [0.1, 0.15) is 12.1 Å². The van der Waals surface area contributed by atoms with Crippen molar-refractivity contribution in [3.8, 4) is 0 Å². The smallest absolute Gasteiger partial charge is 0.351 e. The van der Waals surface area contributed by atoms with Gasteiger partial charge in [-0.25, -0.2) is 15.0 Å². The summed E-state index contributed by atoms with van der Waals surface area (Å²) >= 11 is 5.78. The molecule has 3 rings (SSSR count). The number of nitrogens with zero attached hydrogens (tertiary/aromatic N) is 5. The summed E-state index contributed by atoms with van der Waals surface area (Å²) in [5.41, 5.74) is -0.138. The highest BCUT2D eigenvalue weighted by molar-refractivity contribution is 6.30. The lowest BCUT2D eigenvalue weighted by Gasteiger charge is -2.17. The summed E-state index contributed by atoms with van der Waals surface area (Å²) in [6.45, 7) is 1.52. The molecular weight excluding hydrogens is 308 g/mol. The zero-order chi connectivity index (χ0) is 15.5. The molecule has 0 radical (unpaired) electrons. The largest absolute Gasteiger partial charge is 0.353 e. The van der Waals surface area contributed by atoms with Gasteiger partial charge in [0.05, 0.1) is 9.95 Å². The van der Waals surface area contributed by atoms with Gasteiger partial charge in [-0.15, -0.1) is 0 Å². The van der Waals surface area contributed by atoms with Crippen LogP contribution in [0.4, 0.5) is 23.1 Å². The normalized spacial score (nSPS) is 14.1. The first kappa shape index (κ1) is 14.5. The van der Waals surface area contributed by atoms with E-state index in [0.29, 0.717) is 16.7 Å². The number of halogens is 1. The minimum absolute atomic E-state index is 0.122. The Hall–Kier alpha value is -2.48. The third kappa shape index (κ3) is 2.91. The predicted octanol–water partition coefficient (Wildman–Crippen LogP) is 2.78. The summed E-state index contributed by atoms with van der Waals surface area (Å²) in [5.74, 6) is 0.893. The Morgan fingerprint density at radius 2 is 2.00 bits per heavy atom. The van der Waals surface area contributed by atoms with Crippen LogP contribution in [-0.2, 0) is 0 Å². The van der Waals surface area contributed by atoms with Crippen molar-refractivity contribution in [2.24, 2.45) is 0 Å². The van der Waals surface area contributed by atoms with E-state index in [1.54, 1.807) is 12.1 Å². The third-order valence-corrected chi connectivity index (χ3v) is 3.59. The summed E-state index contributed by atoms with van der Waals surface area (Å²) < 4.78 is 0. The monoisotopic (exact) mass is 320 g/mol. The van der Waals surface area contributed by atoms with E-state index >= 15 is 0 Å². The number of nitrogens with one attached hydrogen (secondary N) is 1. The van der Waals surface area contributed by atoms with Crippen LogP contribution in [-0.4, -0.2) is 33.0 Å². The van der Waals surface area contributed by atoms with Crippen LogP contribution in [0, 0.1) is 10.1 Å². The van der Waals surface area contributed by atoms with Gasteiger partial charge in [-0.2, -0.15) is 0 Å². The minimum Gasteiger partial charge on any atom is -0.351 e. The zero-order valence-corrected chi connectivity index (χ0v) is 12.3. The molecule has 1 aliphatic heterocycles. The molecule has 1 aliphatic rings. The van der Waals surface area contributed by atoms with Gasteiger partial charge in [-0.05, 0) is 25.0 Å². The van der Waals surface area contributed by atoms with Gasteiger partial charge in [0, 0.05) is 19.3 Å². The van der Waals surface area contributed by atoms with Crippen molar-refractivity contribution >= 4 is 34.7 Å². The number of aromatic nitrogens is 3. The van der Waals surface area contributed by atoms with E-state index < -0.39 is 4.92 Å². The molecule has 22 heavy (non-hydrogen) atoms. The maximum absolute atomic E-state index is 11.5. The molecule has 0 bridgehead atoms. The quantitative estimate of drug-likeness (QED) is 0.683. The first-order chi connectivity index (χ1) is 10.6. The van der Waals surface area contributed by atoms with Crippen molar-refractivity contribution in [3.05, 3.63) is 39.8 Å². The Morgan fingerprint density at radius 1 is 1.23 bits per heavy atom. The van der Waals surface area contributed by atoms with E-state index in [9.17, 15) is 10.1 Å². The summed E-state index contributed by atoms with van der Waals surface area (Å²) in [6.07, 6.45) is 4.78. The van der Waals surface area contributed by atoms with Crippen LogP contribution in [0.3, 0.4) is 0 Å². The van der Waals surface area contributed by atoms with Gasteiger partial charge < -0.3 is 10.2 Å². The second kappa shape index (κ2) is 6.10. The first-order valence-electron chi connectivity index (χ1n) is 6.78. The fourth-order valence-corrected chi connectivity index (χ4v) is 2.47. The van der Waals surface area contributed by atoms with Crippen LogP contribution in [0.2, 0.25) is 5.02 Å². The Bertz CT molecular complexity index is 687. The van der Waals surface area contributed by atoms with E-state index in [4.69, 9.17) is 11.6 Å². The van der Waals surface area contributed by atoms with E-state index in [0.717, 1.165) is 25.9 Å². The van der Waals surface area contributed by atoms with Gasteiger partial charge in [0.15, 0.2) is 0 Å². The second-order valence-electron chi connectivity index (χ2n) is 4.83. The number of anilines is 3. The molecule has 1 fully saturated rings. The maximum Gasteiger partial charge on any atom is 0.353 e. The van der Waals surface area contributed by atoms with Gasteiger partial charge in [0.2, 0.25) is 11.6 Å². The molecule has 114 valence electrons. The Balaban J connectivity index is 1.97. The lowest BCUT2D eigenvalue weighted by atomic mass is 10.3. The van der Waals surface area contributed by atoms with Crippen molar-refractivity contribution in [3.63, 3.8) is 0 Å². The molecule has 0 aromatic carbocycles. The molecule has 0 saturated carbocycles. The Morgan fingerprint density at radius 3 is 2.64 bits per heavy atom. The van der Waals surface area contributed by atoms with E-state index in [1.807, 2.05) is 4.90 Å². The van der Waals surface area contributed by atoms with E-state index in [-0.39, 0.29) is 11.5 Å². The maximum atomic E-state index is 11.5. The molecule has 2 aromatic heterocycles. The number of hydrogen-bond acceptors (Lipinski definition) is 7. The van der Waals surface area contributed by atoms with Crippen LogP contribution in [0.1, 0.15) is 12.8 Å². The molecule has 0 aliphatic carbocycles. The lowest BCUT2D eigenvalue weighted by molar-refractivity contribution is -0.383. The molecule has 9 heteroatoms. The number of rotatable bonds is 4. The SMILES string of the molecule is O=[N+]([O-])c1c(Nc2ccc(Cl)cn2)ncnc1N1CCCC1. The molecule has 8 nitrogen and oxygen atoms in total. The molecule has 0 unspecified atom stereocenters. The van der Waals surface area contributed by atoms with Crippen molar-refractivity contribution in [2.45, 2.75) is 12.8 Å². The number of hydrogen-bond donors (Lipinski definition) is 1. The molecule has 1 saturated heterocycles. The highest BCUT2D eigenvalue weighted by Crippen LogP contribution is 2.34. The van der Waals surface area contributed by atoms with Gasteiger partial charge in [-0.1, -0.05) is 11.6 Å². The number of pyridine rings is 1. The predicted molar refractivity (Wildman–Crippen MR) is 82.7 cm³/mol. The summed E-state index contributed by atoms with van der Waals surface area (Å²) in [6, 6.07) is 3.27. The molecule has 1 N–H and O–H groups in total. The first-order valence-corrected chi connectivity index (χ1v) is 7.16. The third-order valence-electron chi connectivity index (χ3n) is 3.36. The highest BCUT2D eigenvalue weighted by atomic mass is 35.5. The fraction of sp³-hybridized carbons (Fsp3) is 0.308. The van der Waals surface area contributed by atoms with Crippen LogP contribution in [0.25, 0.3) is 0 Å². The van der Waals surface area contributed by atoms with E-state index in [1.165, 1.54) is 12.5 Å². The van der Waals surface area contributed by atoms with Crippen LogP contribution in [0.15, 0.2) is 24.7 Å². The Labute approximate surface area is 131 Å². The highest BCUT2D eigenvalue weighted by Gasteiger charge is 2.28. The molecular formula is C13H13ClN6O2. The van der Waals surface area contributed by atoms with Gasteiger partial charge >= 0.3 is 5.69 Å². The van der Waals surface area contributed by atoms with Gasteiger partial charge in [0.25, 0.3) is 0 Å². The van der Waals surface area contributed by atoms with Crippen molar-refractivity contribution < 1.29 is 4.92 Å². The fourth-order valence-electron chi connectivity index (χ4n) is 2.36. The minimum atomic E-state index is -0.466. The number of nitro groups is 1. The average Bonchev–Trinajstić information content (AvgIpc) is 3.03. The Kier molecular flexibility index (Phi) is 4.01. The van der Waals surface area contributed by atoms with Crippen LogP contribution < -0.4 is 10.2 Å². The second-order valence-corrected chi connectivity index (χ2v) is 5.27. The molecule has 0 spiro atoms. The van der Waals surface area contributed by atoms with Crippen molar-refractivity contribution in [1.29, 1.82) is 0 Å². The average molecular weight is 321 g/mol. The topological polar surface area (TPSA) is 97.1 Å². The summed E-state index contributed by atoms with van der Waals surface area (Å²) in [5, 5.41) is 14.8. The molecule has 3 heterocycles.